The third-order valence-corrected chi connectivity index (χ3v) is 3.77. The predicted octanol–water partition coefficient (Wildman–Crippen LogP) is 1.55. The zero-order valence-corrected chi connectivity index (χ0v) is 11.8. The first-order valence-corrected chi connectivity index (χ1v) is 7.02. The van der Waals surface area contributed by atoms with Gasteiger partial charge in [0.05, 0.1) is 6.42 Å². The van der Waals surface area contributed by atoms with Crippen molar-refractivity contribution >= 4 is 22.1 Å². The first-order chi connectivity index (χ1) is 8.58. The lowest BCUT2D eigenvalue weighted by Crippen LogP contribution is -2.48. The summed E-state index contributed by atoms with van der Waals surface area (Å²) in [7, 11) is -4.97. The Hall–Kier alpha value is -1.41. The number of carbonyl (C=O) groups is 2. The fourth-order valence-electron chi connectivity index (χ4n) is 1.31. The zero-order valence-electron chi connectivity index (χ0n) is 11.0. The fraction of sp³-hybridized carbons (Fsp3) is 0.636. The van der Waals surface area contributed by atoms with Crippen molar-refractivity contribution in [1.29, 1.82) is 0 Å². The standard InChI is InChI=1S/C8H14O7S.C3H6/c1-2-3-4-8(7(11)12,5-6(9)10)16(13,14)15;1-3-2/h2-5H2,1H3,(H,9,10)(H,11,12)(H,13,14,15);3H,1H2,2H3. The molecule has 0 saturated carbocycles. The van der Waals surface area contributed by atoms with Crippen LogP contribution in [0.5, 0.6) is 0 Å². The van der Waals surface area contributed by atoms with Gasteiger partial charge >= 0.3 is 11.9 Å². The second-order valence-electron chi connectivity index (χ2n) is 3.86. The summed E-state index contributed by atoms with van der Waals surface area (Å²) < 4.78 is 28.4. The summed E-state index contributed by atoms with van der Waals surface area (Å²) in [5, 5.41) is 17.4. The average Bonchev–Trinajstić information content (AvgIpc) is 2.22. The monoisotopic (exact) mass is 296 g/mol. The molecule has 19 heavy (non-hydrogen) atoms. The van der Waals surface area contributed by atoms with E-state index < -0.39 is 39.6 Å². The average molecular weight is 296 g/mol. The summed E-state index contributed by atoms with van der Waals surface area (Å²) in [5.41, 5.74) is 0. The van der Waals surface area contributed by atoms with Gasteiger partial charge in [-0.05, 0) is 13.3 Å². The molecular formula is C11H20O7S. The Morgan fingerprint density at radius 2 is 1.74 bits per heavy atom. The second-order valence-corrected chi connectivity index (χ2v) is 5.59. The maximum Gasteiger partial charge on any atom is 0.328 e. The lowest BCUT2D eigenvalue weighted by atomic mass is 9.97. The van der Waals surface area contributed by atoms with E-state index in [1.165, 1.54) is 0 Å². The third-order valence-electron chi connectivity index (χ3n) is 2.25. The van der Waals surface area contributed by atoms with Crippen LogP contribution in [0.3, 0.4) is 0 Å². The highest BCUT2D eigenvalue weighted by Gasteiger charge is 2.51. The summed E-state index contributed by atoms with van der Waals surface area (Å²) in [5.74, 6) is -3.43. The second kappa shape index (κ2) is 8.65. The normalized spacial score (nSPS) is 13.6. The zero-order chi connectivity index (χ0) is 15.7. The van der Waals surface area contributed by atoms with Gasteiger partial charge in [0.25, 0.3) is 10.1 Å². The van der Waals surface area contributed by atoms with Crippen molar-refractivity contribution < 1.29 is 32.8 Å². The van der Waals surface area contributed by atoms with Crippen LogP contribution in [0, 0.1) is 0 Å². The van der Waals surface area contributed by atoms with Crippen LogP contribution in [0.4, 0.5) is 0 Å². The lowest BCUT2D eigenvalue weighted by Gasteiger charge is -2.23. The van der Waals surface area contributed by atoms with Crippen LogP contribution < -0.4 is 0 Å². The number of hydrogen-bond acceptors (Lipinski definition) is 4. The highest BCUT2D eigenvalue weighted by molar-refractivity contribution is 7.88. The molecule has 0 amide bonds. The van der Waals surface area contributed by atoms with Crippen molar-refractivity contribution in [3.05, 3.63) is 12.7 Å². The van der Waals surface area contributed by atoms with Gasteiger partial charge in [-0.2, -0.15) is 8.42 Å². The molecule has 1 atom stereocenters. The molecule has 0 heterocycles. The highest BCUT2D eigenvalue weighted by Crippen LogP contribution is 2.28. The number of hydrogen-bond donors (Lipinski definition) is 3. The number of rotatable bonds is 7. The van der Waals surface area contributed by atoms with Crippen LogP contribution in [0.2, 0.25) is 0 Å². The van der Waals surface area contributed by atoms with Gasteiger partial charge in [-0.25, -0.2) is 0 Å². The summed E-state index contributed by atoms with van der Waals surface area (Å²) in [6.45, 7) is 6.94. The van der Waals surface area contributed by atoms with E-state index in [0.717, 1.165) is 0 Å². The topological polar surface area (TPSA) is 129 Å². The molecule has 3 N–H and O–H groups in total. The van der Waals surface area contributed by atoms with Gasteiger partial charge in [-0.1, -0.05) is 25.8 Å². The maximum atomic E-state index is 11.0. The van der Waals surface area contributed by atoms with Crippen molar-refractivity contribution in [3.8, 4) is 0 Å². The van der Waals surface area contributed by atoms with Gasteiger partial charge in [-0.15, -0.1) is 6.58 Å². The molecule has 0 aliphatic heterocycles. The predicted molar refractivity (Wildman–Crippen MR) is 69.6 cm³/mol. The summed E-state index contributed by atoms with van der Waals surface area (Å²) in [4.78, 5) is 21.4. The van der Waals surface area contributed by atoms with Gasteiger partial charge in [0.15, 0.2) is 0 Å². The van der Waals surface area contributed by atoms with Gasteiger partial charge in [0.2, 0.25) is 4.75 Å². The van der Waals surface area contributed by atoms with Crippen molar-refractivity contribution in [1.82, 2.24) is 0 Å². The van der Waals surface area contributed by atoms with Crippen molar-refractivity contribution in [2.24, 2.45) is 0 Å². The molecule has 112 valence electrons. The van der Waals surface area contributed by atoms with Crippen molar-refractivity contribution in [2.45, 2.75) is 44.3 Å². The third kappa shape index (κ3) is 6.35. The molecule has 8 heteroatoms. The van der Waals surface area contributed by atoms with E-state index >= 15 is 0 Å². The Balaban J connectivity index is 0. The maximum absolute atomic E-state index is 11.0. The molecule has 0 saturated heterocycles. The Morgan fingerprint density at radius 1 is 1.32 bits per heavy atom. The highest BCUT2D eigenvalue weighted by atomic mass is 32.2. The molecule has 0 radical (unpaired) electrons. The molecule has 0 aromatic heterocycles. The molecule has 0 aromatic carbocycles. The summed E-state index contributed by atoms with van der Waals surface area (Å²) in [6.07, 6.45) is 0.856. The van der Waals surface area contributed by atoms with E-state index in [9.17, 15) is 18.0 Å². The smallest absolute Gasteiger partial charge is 0.328 e. The number of unbranched alkanes of at least 4 members (excludes halogenated alkanes) is 1. The number of carboxylic acids is 2. The van der Waals surface area contributed by atoms with E-state index in [1.807, 2.05) is 6.92 Å². The molecule has 0 bridgehead atoms. The number of carboxylic acid groups (broad SMARTS) is 2. The molecule has 0 aromatic rings. The van der Waals surface area contributed by atoms with Gasteiger partial charge < -0.3 is 10.2 Å². The van der Waals surface area contributed by atoms with Crippen LogP contribution in [-0.2, 0) is 19.7 Å². The molecule has 1 unspecified atom stereocenters. The van der Waals surface area contributed by atoms with E-state index in [1.54, 1.807) is 13.0 Å². The van der Waals surface area contributed by atoms with Crippen LogP contribution >= 0.6 is 0 Å². The Labute approximate surface area is 112 Å². The van der Waals surface area contributed by atoms with E-state index in [2.05, 4.69) is 6.58 Å². The molecule has 0 aliphatic carbocycles. The molecule has 0 rings (SSSR count). The Kier molecular flexibility index (Phi) is 9.07. The summed E-state index contributed by atoms with van der Waals surface area (Å²) in [6, 6.07) is 0. The van der Waals surface area contributed by atoms with Crippen LogP contribution in [0.25, 0.3) is 0 Å². The van der Waals surface area contributed by atoms with Crippen LogP contribution in [0.1, 0.15) is 39.5 Å². The first kappa shape index (κ1) is 19.9. The van der Waals surface area contributed by atoms with Gasteiger partial charge in [0, 0.05) is 0 Å². The van der Waals surface area contributed by atoms with Crippen molar-refractivity contribution in [3.63, 3.8) is 0 Å². The van der Waals surface area contributed by atoms with Gasteiger partial charge in [-0.3, -0.25) is 14.1 Å². The van der Waals surface area contributed by atoms with E-state index in [0.29, 0.717) is 6.42 Å². The molecular weight excluding hydrogens is 276 g/mol. The van der Waals surface area contributed by atoms with Crippen molar-refractivity contribution in [2.75, 3.05) is 0 Å². The molecule has 0 fully saturated rings. The lowest BCUT2D eigenvalue weighted by molar-refractivity contribution is -0.147. The first-order valence-electron chi connectivity index (χ1n) is 5.58. The largest absolute Gasteiger partial charge is 0.481 e. The Bertz CT molecular complexity index is 413. The SMILES string of the molecule is C=CC.CCCCC(CC(=O)O)(C(=O)O)S(=O)(=O)O. The quantitative estimate of drug-likeness (QED) is 0.480. The minimum absolute atomic E-state index is 0.194. The minimum Gasteiger partial charge on any atom is -0.481 e. The molecule has 7 nitrogen and oxygen atoms in total. The summed E-state index contributed by atoms with van der Waals surface area (Å²) >= 11 is 0. The number of allylic oxidation sites excluding steroid dienone is 1. The van der Waals surface area contributed by atoms with Crippen LogP contribution in [0.15, 0.2) is 12.7 Å². The van der Waals surface area contributed by atoms with Gasteiger partial charge in [0.1, 0.15) is 0 Å². The number of aliphatic carboxylic acids is 2. The van der Waals surface area contributed by atoms with E-state index in [-0.39, 0.29) is 6.42 Å². The van der Waals surface area contributed by atoms with Crippen LogP contribution in [-0.4, -0.2) is 39.9 Å². The van der Waals surface area contributed by atoms with E-state index in [4.69, 9.17) is 14.8 Å². The fourth-order valence-corrected chi connectivity index (χ4v) is 2.24. The molecule has 0 spiro atoms. The Morgan fingerprint density at radius 3 is 1.95 bits per heavy atom. The molecule has 0 aliphatic rings. The minimum atomic E-state index is -4.97.